The van der Waals surface area contributed by atoms with Crippen LogP contribution in [-0.2, 0) is 11.3 Å². The van der Waals surface area contributed by atoms with Crippen LogP contribution in [0.25, 0.3) is 5.57 Å². The fourth-order valence-electron chi connectivity index (χ4n) is 3.33. The quantitative estimate of drug-likeness (QED) is 0.812. The van der Waals surface area contributed by atoms with Gasteiger partial charge in [-0.25, -0.2) is 0 Å². The summed E-state index contributed by atoms with van der Waals surface area (Å²) in [5, 5.41) is 3.08. The van der Waals surface area contributed by atoms with E-state index in [1.807, 2.05) is 13.8 Å². The van der Waals surface area contributed by atoms with Gasteiger partial charge in [0.2, 0.25) is 5.91 Å². The van der Waals surface area contributed by atoms with Gasteiger partial charge in [-0.1, -0.05) is 44.2 Å². The van der Waals surface area contributed by atoms with Gasteiger partial charge < -0.3 is 10.2 Å². The lowest BCUT2D eigenvalue weighted by atomic mass is 9.93. The van der Waals surface area contributed by atoms with Gasteiger partial charge in [-0.05, 0) is 57.0 Å². The van der Waals surface area contributed by atoms with Crippen LogP contribution in [0.1, 0.15) is 45.2 Å². The Hall–Kier alpha value is -1.65. The zero-order valence-corrected chi connectivity index (χ0v) is 17.3. The van der Waals surface area contributed by atoms with Crippen molar-refractivity contribution in [2.24, 2.45) is 5.92 Å². The second-order valence-corrected chi connectivity index (χ2v) is 8.53. The highest BCUT2D eigenvalue weighted by molar-refractivity contribution is 5.85. The Morgan fingerprint density at radius 3 is 2.62 bits per heavy atom. The Balaban J connectivity index is 2.04. The summed E-state index contributed by atoms with van der Waals surface area (Å²) in [6, 6.07) is 8.81. The van der Waals surface area contributed by atoms with Crippen molar-refractivity contribution in [2.75, 3.05) is 33.7 Å². The average Bonchev–Trinajstić information content (AvgIpc) is 2.59. The van der Waals surface area contributed by atoms with Crippen molar-refractivity contribution in [3.63, 3.8) is 0 Å². The van der Waals surface area contributed by atoms with Crippen molar-refractivity contribution in [2.45, 2.75) is 46.2 Å². The average molecular weight is 358 g/mol. The minimum absolute atomic E-state index is 0.121. The third-order valence-electron chi connectivity index (χ3n) is 5.02. The molecule has 1 heterocycles. The van der Waals surface area contributed by atoms with Crippen molar-refractivity contribution < 1.29 is 4.79 Å². The first-order valence-corrected chi connectivity index (χ1v) is 9.66. The maximum absolute atomic E-state index is 12.6. The Labute approximate surface area is 159 Å². The number of nitrogens with zero attached hydrogens (tertiary/aromatic N) is 2. The molecule has 0 aromatic heterocycles. The molecule has 0 spiro atoms. The summed E-state index contributed by atoms with van der Waals surface area (Å²) in [5.74, 6) is 0.591. The molecular formula is C22H35N3O. The maximum atomic E-state index is 12.6. The first-order valence-electron chi connectivity index (χ1n) is 9.66. The molecule has 4 heteroatoms. The molecule has 144 valence electrons. The molecular weight excluding hydrogens is 322 g/mol. The normalized spacial score (nSPS) is 16.1. The van der Waals surface area contributed by atoms with Gasteiger partial charge >= 0.3 is 0 Å². The number of hydrogen-bond acceptors (Lipinski definition) is 3. The van der Waals surface area contributed by atoms with Gasteiger partial charge in [0.1, 0.15) is 0 Å². The second-order valence-electron chi connectivity index (χ2n) is 8.53. The number of benzene rings is 1. The zero-order chi connectivity index (χ0) is 19.3. The molecule has 1 aromatic carbocycles. The summed E-state index contributed by atoms with van der Waals surface area (Å²) in [6.45, 7) is 11.7. The Bertz CT molecular complexity index is 647. The largest absolute Gasteiger partial charge is 0.354 e. The molecule has 26 heavy (non-hydrogen) atoms. The first-order chi connectivity index (χ1) is 12.2. The van der Waals surface area contributed by atoms with Gasteiger partial charge in [-0.2, -0.15) is 0 Å². The predicted octanol–water partition coefficient (Wildman–Crippen LogP) is 3.39. The van der Waals surface area contributed by atoms with Crippen molar-refractivity contribution in [3.05, 3.63) is 41.5 Å². The first kappa shape index (κ1) is 20.7. The van der Waals surface area contributed by atoms with Crippen LogP contribution >= 0.6 is 0 Å². The van der Waals surface area contributed by atoms with Gasteiger partial charge in [0.15, 0.2) is 0 Å². The number of rotatable bonds is 7. The van der Waals surface area contributed by atoms with Gasteiger partial charge in [0.25, 0.3) is 0 Å². The minimum Gasteiger partial charge on any atom is -0.354 e. The Kier molecular flexibility index (Phi) is 7.01. The van der Waals surface area contributed by atoms with Crippen LogP contribution < -0.4 is 5.32 Å². The summed E-state index contributed by atoms with van der Waals surface area (Å²) < 4.78 is 0. The fraction of sp³-hybridized carbons (Fsp3) is 0.591. The van der Waals surface area contributed by atoms with Gasteiger partial charge in [-0.3, -0.25) is 9.69 Å². The van der Waals surface area contributed by atoms with E-state index in [9.17, 15) is 4.79 Å². The van der Waals surface area contributed by atoms with E-state index >= 15 is 0 Å². The van der Waals surface area contributed by atoms with Crippen LogP contribution in [0.5, 0.6) is 0 Å². The molecule has 2 rings (SSSR count). The van der Waals surface area contributed by atoms with Crippen LogP contribution in [0.15, 0.2) is 30.3 Å². The van der Waals surface area contributed by atoms with Crippen molar-refractivity contribution in [3.8, 4) is 0 Å². The number of carbonyl (C=O) groups excluding carboxylic acids is 1. The standard InChI is InChI=1S/C22H35N3O/c1-17(2)15-23-21(26)22(3,4)25-12-10-19(11-13-25)20-9-7-8-18(14-20)16-24(5)6/h7-10,14,17H,11-13,15-16H2,1-6H3,(H,23,26). The Morgan fingerprint density at radius 2 is 2.04 bits per heavy atom. The molecule has 0 saturated carbocycles. The van der Waals surface area contributed by atoms with Gasteiger partial charge in [-0.15, -0.1) is 0 Å². The molecule has 4 nitrogen and oxygen atoms in total. The highest BCUT2D eigenvalue weighted by Gasteiger charge is 2.35. The van der Waals surface area contributed by atoms with E-state index < -0.39 is 5.54 Å². The maximum Gasteiger partial charge on any atom is 0.239 e. The number of carbonyl (C=O) groups is 1. The van der Waals surface area contributed by atoms with Crippen LogP contribution in [0, 0.1) is 5.92 Å². The molecule has 0 aliphatic carbocycles. The lowest BCUT2D eigenvalue weighted by Crippen LogP contribution is -2.56. The van der Waals surface area contributed by atoms with E-state index in [-0.39, 0.29) is 5.91 Å². The lowest BCUT2D eigenvalue weighted by Gasteiger charge is -2.39. The summed E-state index contributed by atoms with van der Waals surface area (Å²) in [5.41, 5.74) is 3.56. The number of hydrogen-bond donors (Lipinski definition) is 1. The lowest BCUT2D eigenvalue weighted by molar-refractivity contribution is -0.131. The summed E-state index contributed by atoms with van der Waals surface area (Å²) >= 11 is 0. The highest BCUT2D eigenvalue weighted by Crippen LogP contribution is 2.27. The van der Waals surface area contributed by atoms with E-state index in [4.69, 9.17) is 0 Å². The van der Waals surface area contributed by atoms with E-state index in [0.717, 1.165) is 32.6 Å². The number of nitrogens with one attached hydrogen (secondary N) is 1. The van der Waals surface area contributed by atoms with Crippen molar-refractivity contribution >= 4 is 11.5 Å². The van der Waals surface area contributed by atoms with E-state index in [1.54, 1.807) is 0 Å². The Morgan fingerprint density at radius 1 is 1.31 bits per heavy atom. The summed E-state index contributed by atoms with van der Waals surface area (Å²) in [7, 11) is 4.19. The monoisotopic (exact) mass is 357 g/mol. The second kappa shape index (κ2) is 8.83. The zero-order valence-electron chi connectivity index (χ0n) is 17.3. The third kappa shape index (κ3) is 5.42. The molecule has 0 radical (unpaired) electrons. The topological polar surface area (TPSA) is 35.6 Å². The van der Waals surface area contributed by atoms with Gasteiger partial charge in [0.05, 0.1) is 5.54 Å². The molecule has 0 saturated heterocycles. The number of amides is 1. The molecule has 1 amide bonds. The SMILES string of the molecule is CC(C)CNC(=O)C(C)(C)N1CC=C(c2cccc(CN(C)C)c2)CC1. The minimum atomic E-state index is -0.482. The van der Waals surface area contributed by atoms with Crippen LogP contribution in [0.2, 0.25) is 0 Å². The van der Waals surface area contributed by atoms with Gasteiger partial charge in [0, 0.05) is 26.2 Å². The van der Waals surface area contributed by atoms with E-state index in [2.05, 4.69) is 73.4 Å². The summed E-state index contributed by atoms with van der Waals surface area (Å²) in [4.78, 5) is 17.1. The van der Waals surface area contributed by atoms with Crippen LogP contribution in [0.4, 0.5) is 0 Å². The molecule has 0 unspecified atom stereocenters. The molecule has 1 aliphatic heterocycles. The van der Waals surface area contributed by atoms with E-state index in [0.29, 0.717) is 5.92 Å². The molecule has 1 aliphatic rings. The van der Waals surface area contributed by atoms with Crippen molar-refractivity contribution in [1.82, 2.24) is 15.1 Å². The smallest absolute Gasteiger partial charge is 0.239 e. The van der Waals surface area contributed by atoms with E-state index in [1.165, 1.54) is 16.7 Å². The fourth-order valence-corrected chi connectivity index (χ4v) is 3.33. The van der Waals surface area contributed by atoms with Crippen molar-refractivity contribution in [1.29, 1.82) is 0 Å². The molecule has 1 aromatic rings. The van der Waals surface area contributed by atoms with Crippen LogP contribution in [-0.4, -0.2) is 55.0 Å². The highest BCUT2D eigenvalue weighted by atomic mass is 16.2. The van der Waals surface area contributed by atoms with Crippen LogP contribution in [0.3, 0.4) is 0 Å². The predicted molar refractivity (Wildman–Crippen MR) is 110 cm³/mol. The summed E-state index contributed by atoms with van der Waals surface area (Å²) in [6.07, 6.45) is 3.27. The molecule has 0 bridgehead atoms. The molecule has 1 N–H and O–H groups in total. The molecule has 0 fully saturated rings. The third-order valence-corrected chi connectivity index (χ3v) is 5.02. The molecule has 0 atom stereocenters.